The predicted octanol–water partition coefficient (Wildman–Crippen LogP) is 1.13. The van der Waals surface area contributed by atoms with Crippen LogP contribution in [0.2, 0.25) is 0 Å². The second kappa shape index (κ2) is 1.10. The molecule has 2 fully saturated rings. The highest BCUT2D eigenvalue weighted by Crippen LogP contribution is 2.70. The molecule has 2 rings (SSSR count). The van der Waals surface area contributed by atoms with Gasteiger partial charge < -0.3 is 5.73 Å². The van der Waals surface area contributed by atoms with Crippen LogP contribution >= 0.6 is 0 Å². The van der Waals surface area contributed by atoms with E-state index in [1.54, 1.807) is 0 Å². The topological polar surface area (TPSA) is 26.0 Å². The first-order valence-corrected chi connectivity index (χ1v) is 3.57. The largest absolute Gasteiger partial charge is 0.327 e. The van der Waals surface area contributed by atoms with Crippen LogP contribution in [0.5, 0.6) is 0 Å². The van der Waals surface area contributed by atoms with Crippen LogP contribution in [-0.4, -0.2) is 6.04 Å². The van der Waals surface area contributed by atoms with Gasteiger partial charge in [-0.05, 0) is 24.2 Å². The summed E-state index contributed by atoms with van der Waals surface area (Å²) in [4.78, 5) is 0. The number of rotatable bonds is 1. The fourth-order valence-electron chi connectivity index (χ4n) is 2.12. The number of hydrogen-bond acceptors (Lipinski definition) is 1. The molecule has 0 radical (unpaired) electrons. The Balaban J connectivity index is 2.04. The average Bonchev–Trinajstić information content (AvgIpc) is 2.57. The fraction of sp³-hybridized carbons (Fsp3) is 1.00. The van der Waals surface area contributed by atoms with Crippen LogP contribution in [0.15, 0.2) is 0 Å². The summed E-state index contributed by atoms with van der Waals surface area (Å²) < 4.78 is 0. The van der Waals surface area contributed by atoms with Crippen LogP contribution in [-0.2, 0) is 0 Å². The molecular formula is C7H13N. The summed E-state index contributed by atoms with van der Waals surface area (Å²) in [6, 6.07) is 0.590. The molecule has 2 aliphatic rings. The molecule has 0 amide bonds. The third-order valence-electron chi connectivity index (χ3n) is 2.99. The van der Waals surface area contributed by atoms with Gasteiger partial charge in [0.15, 0.2) is 0 Å². The average molecular weight is 111 g/mol. The highest BCUT2D eigenvalue weighted by Gasteiger charge is 2.68. The molecule has 0 aromatic carbocycles. The Hall–Kier alpha value is -0.0400. The normalized spacial score (nSPS) is 47.2. The molecule has 1 nitrogen and oxygen atoms in total. The lowest BCUT2D eigenvalue weighted by atomic mass is 10.2. The van der Waals surface area contributed by atoms with E-state index < -0.39 is 0 Å². The van der Waals surface area contributed by atoms with Crippen molar-refractivity contribution in [2.45, 2.75) is 32.2 Å². The van der Waals surface area contributed by atoms with Gasteiger partial charge in [0, 0.05) is 6.04 Å². The SMILES string of the molecule is CCC1C(N)C12CC2. The molecule has 0 heterocycles. The summed E-state index contributed by atoms with van der Waals surface area (Å²) in [5, 5.41) is 0. The first kappa shape index (κ1) is 4.80. The van der Waals surface area contributed by atoms with Gasteiger partial charge in [-0.3, -0.25) is 0 Å². The van der Waals surface area contributed by atoms with Crippen molar-refractivity contribution >= 4 is 0 Å². The lowest BCUT2D eigenvalue weighted by Crippen LogP contribution is -2.03. The molecule has 0 saturated heterocycles. The van der Waals surface area contributed by atoms with Crippen molar-refractivity contribution in [1.82, 2.24) is 0 Å². The molecule has 0 aromatic heterocycles. The Morgan fingerprint density at radius 1 is 1.62 bits per heavy atom. The third kappa shape index (κ3) is 0.334. The Bertz CT molecular complexity index is 116. The zero-order chi connectivity index (χ0) is 5.78. The van der Waals surface area contributed by atoms with Crippen molar-refractivity contribution in [3.8, 4) is 0 Å². The lowest BCUT2D eigenvalue weighted by molar-refractivity contribution is 0.683. The van der Waals surface area contributed by atoms with E-state index in [1.165, 1.54) is 19.3 Å². The maximum absolute atomic E-state index is 5.82. The molecule has 0 aliphatic heterocycles. The molecule has 1 spiro atoms. The fourth-order valence-corrected chi connectivity index (χ4v) is 2.12. The van der Waals surface area contributed by atoms with Gasteiger partial charge in [0.2, 0.25) is 0 Å². The minimum Gasteiger partial charge on any atom is -0.327 e. The Labute approximate surface area is 50.3 Å². The number of nitrogens with two attached hydrogens (primary N) is 1. The van der Waals surface area contributed by atoms with Gasteiger partial charge in [-0.2, -0.15) is 0 Å². The Kier molecular flexibility index (Phi) is 0.663. The molecule has 2 aliphatic carbocycles. The molecule has 0 bridgehead atoms. The van der Waals surface area contributed by atoms with E-state index >= 15 is 0 Å². The van der Waals surface area contributed by atoms with Gasteiger partial charge in [-0.15, -0.1) is 0 Å². The molecule has 2 unspecified atom stereocenters. The number of hydrogen-bond donors (Lipinski definition) is 1. The van der Waals surface area contributed by atoms with E-state index in [9.17, 15) is 0 Å². The highest BCUT2D eigenvalue weighted by atomic mass is 14.9. The molecule has 2 atom stereocenters. The molecular weight excluding hydrogens is 98.1 g/mol. The molecule has 2 saturated carbocycles. The second-order valence-electron chi connectivity index (χ2n) is 3.27. The van der Waals surface area contributed by atoms with E-state index in [0.29, 0.717) is 11.5 Å². The summed E-state index contributed by atoms with van der Waals surface area (Å²) in [5.41, 5.74) is 6.52. The van der Waals surface area contributed by atoms with Crippen LogP contribution in [0, 0.1) is 11.3 Å². The van der Waals surface area contributed by atoms with Crippen LogP contribution in [0.1, 0.15) is 26.2 Å². The van der Waals surface area contributed by atoms with Gasteiger partial charge in [0.1, 0.15) is 0 Å². The minimum absolute atomic E-state index is 0.590. The molecule has 0 aromatic rings. The second-order valence-corrected chi connectivity index (χ2v) is 3.27. The predicted molar refractivity (Wildman–Crippen MR) is 33.4 cm³/mol. The molecule has 46 valence electrons. The standard InChI is InChI=1S/C7H13N/c1-2-5-6(8)7(5)3-4-7/h5-6H,2-4,8H2,1H3. The van der Waals surface area contributed by atoms with Crippen molar-refractivity contribution in [1.29, 1.82) is 0 Å². The van der Waals surface area contributed by atoms with Crippen LogP contribution in [0.4, 0.5) is 0 Å². The summed E-state index contributed by atoms with van der Waals surface area (Å²) in [7, 11) is 0. The monoisotopic (exact) mass is 111 g/mol. The summed E-state index contributed by atoms with van der Waals surface area (Å²) in [5.74, 6) is 0.905. The van der Waals surface area contributed by atoms with Crippen molar-refractivity contribution in [2.75, 3.05) is 0 Å². The zero-order valence-electron chi connectivity index (χ0n) is 5.35. The van der Waals surface area contributed by atoms with Gasteiger partial charge >= 0.3 is 0 Å². The molecule has 1 heteroatoms. The van der Waals surface area contributed by atoms with Crippen molar-refractivity contribution in [3.05, 3.63) is 0 Å². The minimum atomic E-state index is 0.590. The Morgan fingerprint density at radius 3 is 2.38 bits per heavy atom. The van der Waals surface area contributed by atoms with E-state index in [2.05, 4.69) is 6.92 Å². The summed E-state index contributed by atoms with van der Waals surface area (Å²) in [6.45, 7) is 2.25. The van der Waals surface area contributed by atoms with E-state index in [4.69, 9.17) is 5.73 Å². The summed E-state index contributed by atoms with van der Waals surface area (Å²) in [6.07, 6.45) is 4.15. The van der Waals surface area contributed by atoms with Crippen molar-refractivity contribution in [2.24, 2.45) is 17.1 Å². The third-order valence-corrected chi connectivity index (χ3v) is 2.99. The smallest absolute Gasteiger partial charge is 0.0133 e. The maximum Gasteiger partial charge on any atom is 0.0133 e. The highest BCUT2D eigenvalue weighted by molar-refractivity contribution is 5.21. The van der Waals surface area contributed by atoms with E-state index in [-0.39, 0.29) is 0 Å². The van der Waals surface area contributed by atoms with Crippen LogP contribution in [0.25, 0.3) is 0 Å². The van der Waals surface area contributed by atoms with Crippen LogP contribution in [0.3, 0.4) is 0 Å². The van der Waals surface area contributed by atoms with E-state index in [1.807, 2.05) is 0 Å². The lowest BCUT2D eigenvalue weighted by Gasteiger charge is -1.81. The quantitative estimate of drug-likeness (QED) is 0.539. The van der Waals surface area contributed by atoms with Crippen LogP contribution < -0.4 is 5.73 Å². The first-order chi connectivity index (χ1) is 3.81. The maximum atomic E-state index is 5.82. The molecule has 8 heavy (non-hydrogen) atoms. The summed E-state index contributed by atoms with van der Waals surface area (Å²) >= 11 is 0. The van der Waals surface area contributed by atoms with Gasteiger partial charge in [0.25, 0.3) is 0 Å². The van der Waals surface area contributed by atoms with Gasteiger partial charge in [-0.1, -0.05) is 13.3 Å². The van der Waals surface area contributed by atoms with Crippen molar-refractivity contribution < 1.29 is 0 Å². The first-order valence-electron chi connectivity index (χ1n) is 3.57. The van der Waals surface area contributed by atoms with Crippen molar-refractivity contribution in [3.63, 3.8) is 0 Å². The zero-order valence-corrected chi connectivity index (χ0v) is 5.35. The van der Waals surface area contributed by atoms with E-state index in [0.717, 1.165) is 5.92 Å². The van der Waals surface area contributed by atoms with Gasteiger partial charge in [-0.25, -0.2) is 0 Å². The van der Waals surface area contributed by atoms with Gasteiger partial charge in [0.05, 0.1) is 0 Å². The Morgan fingerprint density at radius 2 is 2.25 bits per heavy atom. The molecule has 2 N–H and O–H groups in total.